The number of carbonyl (C=O) groups excluding carboxylic acids is 4. The Morgan fingerprint density at radius 3 is 2.48 bits per heavy atom. The van der Waals surface area contributed by atoms with Gasteiger partial charge in [0.25, 0.3) is 5.91 Å². The number of para-hydroxylation sites is 1. The van der Waals surface area contributed by atoms with Gasteiger partial charge in [-0.15, -0.1) is 0 Å². The quantitative estimate of drug-likeness (QED) is 0.236. The third kappa shape index (κ3) is 6.33. The van der Waals surface area contributed by atoms with E-state index in [4.69, 9.17) is 21.1 Å². The number of unbranched alkanes of at least 4 members (excludes halogenated alkanes) is 2. The molecule has 12 heteroatoms. The fraction of sp³-hybridized carbons (Fsp3) is 0.444. The maximum Gasteiger partial charge on any atom is 0.313 e. The molecular weight excluding hydrogens is 702 g/mol. The van der Waals surface area contributed by atoms with E-state index in [1.54, 1.807) is 37.3 Å². The van der Waals surface area contributed by atoms with Gasteiger partial charge in [-0.25, -0.2) is 0 Å². The third-order valence-corrected chi connectivity index (χ3v) is 10.6. The Hall–Kier alpha value is -3.51. The predicted octanol–water partition coefficient (Wildman–Crippen LogP) is 4.85. The van der Waals surface area contributed by atoms with Crippen molar-refractivity contribution in [2.24, 2.45) is 11.8 Å². The van der Waals surface area contributed by atoms with Crippen LogP contribution in [0.4, 0.5) is 5.69 Å². The highest BCUT2D eigenvalue weighted by Crippen LogP contribution is 2.59. The number of benzene rings is 2. The molecule has 2 N–H and O–H groups in total. The van der Waals surface area contributed by atoms with Crippen molar-refractivity contribution >= 4 is 56.9 Å². The van der Waals surface area contributed by atoms with E-state index >= 15 is 0 Å². The molecular formula is C36H39BrClN3O7. The molecule has 6 rings (SSSR count). The Morgan fingerprint density at radius 1 is 0.979 bits per heavy atom. The van der Waals surface area contributed by atoms with Crippen molar-refractivity contribution in [1.82, 2.24) is 10.2 Å². The third-order valence-electron chi connectivity index (χ3n) is 9.61. The van der Waals surface area contributed by atoms with Crippen LogP contribution >= 0.6 is 27.5 Å². The van der Waals surface area contributed by atoms with Gasteiger partial charge in [0, 0.05) is 30.6 Å². The summed E-state index contributed by atoms with van der Waals surface area (Å²) >= 11 is 10.2. The molecule has 2 fully saturated rings. The Morgan fingerprint density at radius 2 is 1.73 bits per heavy atom. The van der Waals surface area contributed by atoms with Crippen LogP contribution in [0.2, 0.25) is 5.02 Å². The Kier molecular flexibility index (Phi) is 10.4. The van der Waals surface area contributed by atoms with Gasteiger partial charge in [0.1, 0.15) is 29.8 Å². The molecule has 2 saturated heterocycles. The summed E-state index contributed by atoms with van der Waals surface area (Å²) in [5.74, 6) is -3.72. The number of amides is 3. The average molecular weight is 741 g/mol. The lowest BCUT2D eigenvalue weighted by molar-refractivity contribution is -0.161. The van der Waals surface area contributed by atoms with Crippen LogP contribution in [0.1, 0.15) is 50.7 Å². The highest BCUT2D eigenvalue weighted by molar-refractivity contribution is 9.11. The number of cyclic esters (lactones) is 1. The summed E-state index contributed by atoms with van der Waals surface area (Å²) in [5, 5.41) is 12.7. The molecule has 0 radical (unpaired) electrons. The highest BCUT2D eigenvalue weighted by atomic mass is 79.9. The zero-order valence-corrected chi connectivity index (χ0v) is 28.9. The molecule has 10 nitrogen and oxygen atoms in total. The number of nitrogens with one attached hydrogen (secondary N) is 1. The average Bonchev–Trinajstić information content (AvgIpc) is 3.66. The van der Waals surface area contributed by atoms with E-state index in [-0.39, 0.29) is 37.9 Å². The second-order valence-electron chi connectivity index (χ2n) is 12.7. The highest BCUT2D eigenvalue weighted by Gasteiger charge is 2.75. The van der Waals surface area contributed by atoms with Crippen LogP contribution in [-0.4, -0.2) is 77.2 Å². The molecule has 2 aromatic carbocycles. The van der Waals surface area contributed by atoms with Gasteiger partial charge in [0.05, 0.1) is 22.7 Å². The number of fused-ring (bicyclic) bond motifs is 2. The number of anilines is 1. The maximum absolute atomic E-state index is 14.9. The largest absolute Gasteiger partial charge is 0.455 e. The van der Waals surface area contributed by atoms with Gasteiger partial charge in [-0.3, -0.25) is 19.2 Å². The first-order valence-electron chi connectivity index (χ1n) is 16.4. The summed E-state index contributed by atoms with van der Waals surface area (Å²) in [6.07, 6.45) is 6.09. The van der Waals surface area contributed by atoms with Gasteiger partial charge in [0.2, 0.25) is 11.8 Å². The summed E-state index contributed by atoms with van der Waals surface area (Å²) in [4.78, 5) is 59.9. The van der Waals surface area contributed by atoms with Crippen LogP contribution in [0.15, 0.2) is 77.3 Å². The fourth-order valence-electron chi connectivity index (χ4n) is 7.42. The number of esters is 1. The minimum absolute atomic E-state index is 0.0192. The number of rotatable bonds is 7. The topological polar surface area (TPSA) is 125 Å². The number of halogens is 2. The fourth-order valence-corrected chi connectivity index (χ4v) is 8.40. The first-order valence-corrected chi connectivity index (χ1v) is 17.6. The maximum atomic E-state index is 14.9. The lowest BCUT2D eigenvalue weighted by atomic mass is 9.74. The van der Waals surface area contributed by atoms with E-state index in [1.807, 2.05) is 42.5 Å². The zero-order valence-electron chi connectivity index (χ0n) is 26.6. The summed E-state index contributed by atoms with van der Waals surface area (Å²) in [5.41, 5.74) is -0.294. The van der Waals surface area contributed by atoms with Crippen molar-refractivity contribution < 1.29 is 33.8 Å². The number of allylic oxidation sites excluding steroid dienone is 1. The molecule has 254 valence electrons. The van der Waals surface area contributed by atoms with Crippen LogP contribution < -0.4 is 10.2 Å². The molecule has 0 aromatic heterocycles. The summed E-state index contributed by atoms with van der Waals surface area (Å²) in [6, 6.07) is 14.5. The number of aliphatic hydroxyl groups is 1. The number of carbonyl (C=O) groups is 4. The van der Waals surface area contributed by atoms with Crippen LogP contribution in [0.3, 0.4) is 0 Å². The minimum Gasteiger partial charge on any atom is -0.455 e. The van der Waals surface area contributed by atoms with Crippen LogP contribution in [0.5, 0.6) is 0 Å². The van der Waals surface area contributed by atoms with Crippen LogP contribution in [-0.2, 0) is 28.7 Å². The number of nitrogens with zero attached hydrogens (tertiary/aromatic N) is 2. The van der Waals surface area contributed by atoms with E-state index in [0.29, 0.717) is 46.4 Å². The molecule has 3 amide bonds. The van der Waals surface area contributed by atoms with Gasteiger partial charge >= 0.3 is 5.97 Å². The Labute approximate surface area is 293 Å². The van der Waals surface area contributed by atoms with E-state index in [0.717, 1.165) is 0 Å². The van der Waals surface area contributed by atoms with Crippen LogP contribution in [0, 0.1) is 11.8 Å². The van der Waals surface area contributed by atoms with E-state index in [9.17, 15) is 24.3 Å². The van der Waals surface area contributed by atoms with E-state index < -0.39 is 53.6 Å². The molecule has 4 aliphatic heterocycles. The van der Waals surface area contributed by atoms with Crippen molar-refractivity contribution in [1.29, 1.82) is 0 Å². The molecule has 4 aliphatic rings. The molecule has 0 saturated carbocycles. The van der Waals surface area contributed by atoms with Gasteiger partial charge in [0.15, 0.2) is 0 Å². The van der Waals surface area contributed by atoms with Crippen molar-refractivity contribution in [2.75, 3.05) is 24.6 Å². The Balaban J connectivity index is 1.46. The Bertz CT molecular complexity index is 1620. The van der Waals surface area contributed by atoms with E-state index in [2.05, 4.69) is 21.2 Å². The van der Waals surface area contributed by atoms with Gasteiger partial charge in [-0.1, -0.05) is 82.1 Å². The molecule has 2 aromatic rings. The molecule has 1 spiro atoms. The first kappa shape index (κ1) is 34.4. The normalized spacial score (nSPS) is 31.4. The number of ether oxygens (including phenoxy) is 2. The van der Waals surface area contributed by atoms with Gasteiger partial charge in [-0.2, -0.15) is 0 Å². The van der Waals surface area contributed by atoms with E-state index in [1.165, 1.54) is 9.80 Å². The molecule has 7 atom stereocenters. The summed E-state index contributed by atoms with van der Waals surface area (Å²) < 4.78 is 13.4. The lowest BCUT2D eigenvalue weighted by Gasteiger charge is -2.36. The van der Waals surface area contributed by atoms with Crippen molar-refractivity contribution in [3.8, 4) is 0 Å². The second kappa shape index (κ2) is 14.5. The van der Waals surface area contributed by atoms with Crippen molar-refractivity contribution in [3.05, 3.63) is 87.9 Å². The zero-order chi connectivity index (χ0) is 34.0. The SMILES string of the molecule is C[C@@H]1NC(=O)CC/C=C\CN(c2ccccc2Cl)C(=O)[C@H]2N(CCCCCO)C(=O)[C@@H]3[C@@H](C(=O)O[C@H]1c1ccccc1)[C@@H]1O[C@@]32C=C1Br. The summed E-state index contributed by atoms with van der Waals surface area (Å²) in [7, 11) is 0. The summed E-state index contributed by atoms with van der Waals surface area (Å²) in [6.45, 7) is 2.16. The molecule has 5 bridgehead atoms. The predicted molar refractivity (Wildman–Crippen MR) is 183 cm³/mol. The van der Waals surface area contributed by atoms with Crippen molar-refractivity contribution in [3.63, 3.8) is 0 Å². The first-order chi connectivity index (χ1) is 23.2. The standard InChI is InChI=1S/C36H39BrClN3O7/c1-22-30(23-13-5-2-6-14-23)47-35(46)28-29-33(44)41(19-11-4-12-20-42)32(36(29)21-24(37)31(28)48-36)34(45)40(26-16-9-8-15-25(26)38)18-10-3-7-17-27(43)39-22/h2-3,5-6,8-10,13-16,21-22,28-32,42H,4,7,11-12,17-20H2,1H3,(H,39,43)/b10-3-/t22-,28+,29-,30+,31+,32+,36-/m0/s1. The molecule has 0 unspecified atom stereocenters. The second-order valence-corrected chi connectivity index (χ2v) is 14.0. The molecule has 48 heavy (non-hydrogen) atoms. The van der Waals surface area contributed by atoms with Gasteiger partial charge < -0.3 is 29.7 Å². The number of hydrogen-bond acceptors (Lipinski definition) is 7. The van der Waals surface area contributed by atoms with Crippen molar-refractivity contribution in [2.45, 2.75) is 68.9 Å². The minimum atomic E-state index is -1.45. The number of likely N-dealkylation sites (tertiary alicyclic amines) is 1. The lowest BCUT2D eigenvalue weighted by Crippen LogP contribution is -2.56. The van der Waals surface area contributed by atoms with Gasteiger partial charge in [-0.05, 0) is 56.4 Å². The smallest absolute Gasteiger partial charge is 0.313 e. The molecule has 4 heterocycles. The molecule has 0 aliphatic carbocycles. The number of hydrogen-bond donors (Lipinski definition) is 2. The monoisotopic (exact) mass is 739 g/mol. The number of aliphatic hydroxyl groups excluding tert-OH is 1. The van der Waals surface area contributed by atoms with Crippen LogP contribution in [0.25, 0.3) is 0 Å².